The van der Waals surface area contributed by atoms with Crippen LogP contribution in [0.5, 0.6) is 5.75 Å². The molecule has 1 aromatic heterocycles. The van der Waals surface area contributed by atoms with E-state index in [0.29, 0.717) is 0 Å². The Morgan fingerprint density at radius 2 is 1.95 bits per heavy atom. The number of pyridine rings is 1. The predicted molar refractivity (Wildman–Crippen MR) is 82.0 cm³/mol. The molecule has 0 aliphatic heterocycles. The Hall–Kier alpha value is -1.87. The van der Waals surface area contributed by atoms with Crippen molar-refractivity contribution in [3.05, 3.63) is 59.4 Å². The van der Waals surface area contributed by atoms with Crippen molar-refractivity contribution >= 4 is 0 Å². The van der Waals surface area contributed by atoms with Crippen LogP contribution >= 0.6 is 0 Å². The molecule has 20 heavy (non-hydrogen) atoms. The molecule has 1 unspecified atom stereocenters. The number of methoxy groups -OCH3 is 1. The molecule has 106 valence electrons. The molecule has 0 aliphatic rings. The van der Waals surface area contributed by atoms with Crippen molar-refractivity contribution in [1.82, 2.24) is 4.98 Å². The lowest BCUT2D eigenvalue weighted by Crippen LogP contribution is -2.23. The first-order chi connectivity index (χ1) is 9.69. The van der Waals surface area contributed by atoms with Crippen LogP contribution in [-0.2, 0) is 12.8 Å². The molecule has 0 saturated carbocycles. The molecule has 0 radical (unpaired) electrons. The first-order valence-electron chi connectivity index (χ1n) is 6.97. The van der Waals surface area contributed by atoms with Gasteiger partial charge in [-0.15, -0.1) is 0 Å². The number of hydrogen-bond acceptors (Lipinski definition) is 3. The highest BCUT2D eigenvalue weighted by atomic mass is 16.5. The standard InChI is InChI=1S/C17H22N2O/c1-13-3-6-17(20-2)15(11-13)12-16(18)5-4-14-7-9-19-10-8-14/h3,6-11,16H,4-5,12,18H2,1-2H3. The first-order valence-corrected chi connectivity index (χ1v) is 6.97. The second-order valence-corrected chi connectivity index (χ2v) is 5.17. The van der Waals surface area contributed by atoms with E-state index in [1.807, 2.05) is 30.6 Å². The molecule has 2 aromatic rings. The number of aromatic nitrogens is 1. The van der Waals surface area contributed by atoms with Crippen LogP contribution in [0.1, 0.15) is 23.1 Å². The number of rotatable bonds is 6. The summed E-state index contributed by atoms with van der Waals surface area (Å²) in [6, 6.07) is 10.5. The summed E-state index contributed by atoms with van der Waals surface area (Å²) in [7, 11) is 1.71. The van der Waals surface area contributed by atoms with Crippen LogP contribution in [0, 0.1) is 6.92 Å². The van der Waals surface area contributed by atoms with E-state index in [1.165, 1.54) is 16.7 Å². The Morgan fingerprint density at radius 1 is 1.20 bits per heavy atom. The average Bonchev–Trinajstić information content (AvgIpc) is 2.46. The molecule has 3 nitrogen and oxygen atoms in total. The topological polar surface area (TPSA) is 48.1 Å². The molecule has 3 heteroatoms. The van der Waals surface area contributed by atoms with Crippen LogP contribution in [0.15, 0.2) is 42.7 Å². The highest BCUT2D eigenvalue weighted by Gasteiger charge is 2.09. The predicted octanol–water partition coefficient (Wildman–Crippen LogP) is 2.90. The molecule has 1 aromatic carbocycles. The van der Waals surface area contributed by atoms with E-state index >= 15 is 0 Å². The lowest BCUT2D eigenvalue weighted by atomic mass is 9.98. The van der Waals surface area contributed by atoms with E-state index in [-0.39, 0.29) is 6.04 Å². The largest absolute Gasteiger partial charge is 0.496 e. The van der Waals surface area contributed by atoms with Crippen LogP contribution in [0.2, 0.25) is 0 Å². The summed E-state index contributed by atoms with van der Waals surface area (Å²) in [4.78, 5) is 4.02. The Balaban J connectivity index is 1.94. The highest BCUT2D eigenvalue weighted by molar-refractivity contribution is 5.37. The lowest BCUT2D eigenvalue weighted by Gasteiger charge is -2.15. The number of nitrogens with zero attached hydrogens (tertiary/aromatic N) is 1. The summed E-state index contributed by atoms with van der Waals surface area (Å²) in [5.74, 6) is 0.926. The summed E-state index contributed by atoms with van der Waals surface area (Å²) in [6.07, 6.45) is 6.43. The van der Waals surface area contributed by atoms with Gasteiger partial charge in [0.15, 0.2) is 0 Å². The lowest BCUT2D eigenvalue weighted by molar-refractivity contribution is 0.407. The zero-order valence-corrected chi connectivity index (χ0v) is 12.2. The molecule has 0 amide bonds. The van der Waals surface area contributed by atoms with Gasteiger partial charge in [-0.1, -0.05) is 17.7 Å². The van der Waals surface area contributed by atoms with Crippen molar-refractivity contribution in [1.29, 1.82) is 0 Å². The number of aryl methyl sites for hydroxylation is 2. The number of ether oxygens (including phenoxy) is 1. The fourth-order valence-corrected chi connectivity index (χ4v) is 2.35. The van der Waals surface area contributed by atoms with E-state index in [9.17, 15) is 0 Å². The van der Waals surface area contributed by atoms with Gasteiger partial charge in [0.2, 0.25) is 0 Å². The molecule has 0 fully saturated rings. The minimum absolute atomic E-state index is 0.138. The summed E-state index contributed by atoms with van der Waals surface area (Å²) in [5.41, 5.74) is 9.97. The maximum atomic E-state index is 6.26. The van der Waals surface area contributed by atoms with Crippen LogP contribution in [0.25, 0.3) is 0 Å². The van der Waals surface area contributed by atoms with Crippen LogP contribution < -0.4 is 10.5 Å². The number of benzene rings is 1. The van der Waals surface area contributed by atoms with Crippen molar-refractivity contribution in [2.24, 2.45) is 5.73 Å². The van der Waals surface area contributed by atoms with Crippen LogP contribution in [0.3, 0.4) is 0 Å². The van der Waals surface area contributed by atoms with Crippen molar-refractivity contribution in [2.45, 2.75) is 32.2 Å². The van der Waals surface area contributed by atoms with E-state index in [1.54, 1.807) is 7.11 Å². The second kappa shape index (κ2) is 7.06. The molecule has 2 rings (SSSR count). The van der Waals surface area contributed by atoms with E-state index in [2.05, 4.69) is 24.0 Å². The van der Waals surface area contributed by atoms with Gasteiger partial charge in [0, 0.05) is 18.4 Å². The summed E-state index contributed by atoms with van der Waals surface area (Å²) in [6.45, 7) is 2.09. The minimum atomic E-state index is 0.138. The van der Waals surface area contributed by atoms with Crippen LogP contribution in [-0.4, -0.2) is 18.1 Å². The van der Waals surface area contributed by atoms with Crippen molar-refractivity contribution in [2.75, 3.05) is 7.11 Å². The maximum Gasteiger partial charge on any atom is 0.122 e. The van der Waals surface area contributed by atoms with Gasteiger partial charge in [-0.05, 0) is 55.5 Å². The maximum absolute atomic E-state index is 6.26. The Kier molecular flexibility index (Phi) is 5.13. The minimum Gasteiger partial charge on any atom is -0.496 e. The van der Waals surface area contributed by atoms with Gasteiger partial charge < -0.3 is 10.5 Å². The van der Waals surface area contributed by atoms with Gasteiger partial charge in [0.05, 0.1) is 7.11 Å². The van der Waals surface area contributed by atoms with E-state index < -0.39 is 0 Å². The van der Waals surface area contributed by atoms with Gasteiger partial charge in [0.25, 0.3) is 0 Å². The van der Waals surface area contributed by atoms with E-state index in [0.717, 1.165) is 25.0 Å². The third-order valence-electron chi connectivity index (χ3n) is 3.47. The highest BCUT2D eigenvalue weighted by Crippen LogP contribution is 2.21. The third kappa shape index (κ3) is 4.07. The zero-order valence-electron chi connectivity index (χ0n) is 12.2. The van der Waals surface area contributed by atoms with Gasteiger partial charge in [-0.3, -0.25) is 4.98 Å². The van der Waals surface area contributed by atoms with Gasteiger partial charge in [-0.25, -0.2) is 0 Å². The zero-order chi connectivity index (χ0) is 14.4. The molecule has 0 spiro atoms. The normalized spacial score (nSPS) is 12.2. The summed E-state index contributed by atoms with van der Waals surface area (Å²) < 4.78 is 5.40. The average molecular weight is 270 g/mol. The van der Waals surface area contributed by atoms with Gasteiger partial charge in [0.1, 0.15) is 5.75 Å². The number of nitrogens with two attached hydrogens (primary N) is 1. The quantitative estimate of drug-likeness (QED) is 0.878. The molecule has 0 bridgehead atoms. The van der Waals surface area contributed by atoms with Gasteiger partial charge >= 0.3 is 0 Å². The fourth-order valence-electron chi connectivity index (χ4n) is 2.35. The van der Waals surface area contributed by atoms with Gasteiger partial charge in [-0.2, -0.15) is 0 Å². The summed E-state index contributed by atoms with van der Waals surface area (Å²) in [5, 5.41) is 0. The molecule has 1 atom stereocenters. The second-order valence-electron chi connectivity index (χ2n) is 5.17. The van der Waals surface area contributed by atoms with E-state index in [4.69, 9.17) is 10.5 Å². The fraction of sp³-hybridized carbons (Fsp3) is 0.353. The smallest absolute Gasteiger partial charge is 0.122 e. The third-order valence-corrected chi connectivity index (χ3v) is 3.47. The van der Waals surface area contributed by atoms with Crippen LogP contribution in [0.4, 0.5) is 0 Å². The monoisotopic (exact) mass is 270 g/mol. The van der Waals surface area contributed by atoms with Crippen molar-refractivity contribution in [3.8, 4) is 5.75 Å². The molecular formula is C17H22N2O. The molecule has 0 saturated heterocycles. The molecular weight excluding hydrogens is 248 g/mol. The SMILES string of the molecule is COc1ccc(C)cc1CC(N)CCc1ccncc1. The first kappa shape index (κ1) is 14.5. The van der Waals surface area contributed by atoms with Crippen molar-refractivity contribution < 1.29 is 4.74 Å². The Bertz CT molecular complexity index is 540. The Labute approximate surface area is 120 Å². The van der Waals surface area contributed by atoms with Crippen molar-refractivity contribution in [3.63, 3.8) is 0 Å². The molecule has 1 heterocycles. The molecule has 2 N–H and O–H groups in total. The summed E-state index contributed by atoms with van der Waals surface area (Å²) >= 11 is 0. The molecule has 0 aliphatic carbocycles. The Morgan fingerprint density at radius 3 is 2.65 bits per heavy atom. The number of hydrogen-bond donors (Lipinski definition) is 1.